The lowest BCUT2D eigenvalue weighted by Crippen LogP contribution is -2.41. The molecule has 0 aliphatic carbocycles. The van der Waals surface area contributed by atoms with E-state index in [9.17, 15) is 9.59 Å². The molecular weight excluding hydrogens is 357 g/mol. The summed E-state index contributed by atoms with van der Waals surface area (Å²) >= 11 is 5.98. The minimum Gasteiger partial charge on any atom is -0.449 e. The van der Waals surface area contributed by atoms with Crippen molar-refractivity contribution in [1.82, 2.24) is 4.90 Å². The SMILES string of the molecule is Cl.NC(=O)c1oc2ccc(Cl)cc2c1NC(=O)CN1CCOCC1. The number of rotatable bonds is 4. The normalized spacial score (nSPS) is 15.0. The number of primary amides is 1. The maximum Gasteiger partial charge on any atom is 0.286 e. The van der Waals surface area contributed by atoms with Gasteiger partial charge in [-0.2, -0.15) is 0 Å². The number of hydrogen-bond acceptors (Lipinski definition) is 5. The van der Waals surface area contributed by atoms with Crippen LogP contribution in [-0.2, 0) is 9.53 Å². The predicted molar refractivity (Wildman–Crippen MR) is 92.9 cm³/mol. The van der Waals surface area contributed by atoms with Crippen molar-refractivity contribution in [3.8, 4) is 0 Å². The molecule has 1 aliphatic heterocycles. The van der Waals surface area contributed by atoms with Gasteiger partial charge < -0.3 is 20.2 Å². The van der Waals surface area contributed by atoms with E-state index in [1.807, 2.05) is 4.90 Å². The molecule has 1 aromatic carbocycles. The van der Waals surface area contributed by atoms with Crippen LogP contribution in [0.1, 0.15) is 10.6 Å². The zero-order chi connectivity index (χ0) is 16.4. The van der Waals surface area contributed by atoms with Crippen LogP contribution in [0, 0.1) is 0 Å². The minimum absolute atomic E-state index is 0. The predicted octanol–water partition coefficient (Wildman–Crippen LogP) is 1.88. The number of morpholine rings is 1. The fourth-order valence-corrected chi connectivity index (χ4v) is 2.68. The number of nitrogens with zero attached hydrogens (tertiary/aromatic N) is 1. The zero-order valence-electron chi connectivity index (χ0n) is 12.7. The monoisotopic (exact) mass is 373 g/mol. The van der Waals surface area contributed by atoms with Gasteiger partial charge in [-0.1, -0.05) is 11.6 Å². The first-order valence-corrected chi connectivity index (χ1v) is 7.54. The van der Waals surface area contributed by atoms with Crippen molar-refractivity contribution in [3.63, 3.8) is 0 Å². The average Bonchev–Trinajstić information content (AvgIpc) is 2.86. The Kier molecular flexibility index (Phi) is 6.06. The smallest absolute Gasteiger partial charge is 0.286 e. The van der Waals surface area contributed by atoms with E-state index < -0.39 is 5.91 Å². The van der Waals surface area contributed by atoms with Gasteiger partial charge in [-0.25, -0.2) is 0 Å². The molecule has 1 saturated heterocycles. The Morgan fingerprint density at radius 2 is 2.00 bits per heavy atom. The second kappa shape index (κ2) is 7.85. The van der Waals surface area contributed by atoms with E-state index in [4.69, 9.17) is 26.5 Å². The van der Waals surface area contributed by atoms with E-state index in [0.717, 1.165) is 0 Å². The van der Waals surface area contributed by atoms with Crippen LogP contribution >= 0.6 is 24.0 Å². The summed E-state index contributed by atoms with van der Waals surface area (Å²) in [5, 5.41) is 3.73. The summed E-state index contributed by atoms with van der Waals surface area (Å²) in [7, 11) is 0. The van der Waals surface area contributed by atoms with Gasteiger partial charge in [-0.05, 0) is 18.2 Å². The molecule has 0 atom stereocenters. The highest BCUT2D eigenvalue weighted by Crippen LogP contribution is 2.32. The van der Waals surface area contributed by atoms with Crippen LogP contribution in [0.5, 0.6) is 0 Å². The highest BCUT2D eigenvalue weighted by atomic mass is 35.5. The van der Waals surface area contributed by atoms with E-state index in [1.165, 1.54) is 0 Å². The van der Waals surface area contributed by atoms with Gasteiger partial charge in [0.05, 0.1) is 19.8 Å². The second-order valence-electron chi connectivity index (χ2n) is 5.25. The van der Waals surface area contributed by atoms with Crippen LogP contribution in [-0.4, -0.2) is 49.6 Å². The molecule has 0 unspecified atom stereocenters. The highest BCUT2D eigenvalue weighted by Gasteiger charge is 2.22. The number of hydrogen-bond donors (Lipinski definition) is 2. The number of carbonyl (C=O) groups excluding carboxylic acids is 2. The Hall–Kier alpha value is -1.80. The van der Waals surface area contributed by atoms with Crippen molar-refractivity contribution in [1.29, 1.82) is 0 Å². The fourth-order valence-electron chi connectivity index (χ4n) is 2.51. The topological polar surface area (TPSA) is 97.8 Å². The molecule has 2 heterocycles. The van der Waals surface area contributed by atoms with E-state index in [2.05, 4.69) is 5.32 Å². The number of ether oxygens (including phenoxy) is 1. The lowest BCUT2D eigenvalue weighted by Gasteiger charge is -2.25. The standard InChI is InChI=1S/C15H16ClN3O4.ClH/c16-9-1-2-11-10(7-9)13(14(23-11)15(17)21)18-12(20)8-19-3-5-22-6-4-19;/h1-2,7H,3-6,8H2,(H2,17,21)(H,18,20);1H. The van der Waals surface area contributed by atoms with Crippen molar-refractivity contribution >= 4 is 52.5 Å². The fraction of sp³-hybridized carbons (Fsp3) is 0.333. The molecule has 3 rings (SSSR count). The third-order valence-corrected chi connectivity index (χ3v) is 3.84. The van der Waals surface area contributed by atoms with E-state index in [0.29, 0.717) is 42.3 Å². The van der Waals surface area contributed by atoms with Gasteiger partial charge in [0, 0.05) is 23.5 Å². The molecule has 2 aromatic rings. The van der Waals surface area contributed by atoms with Crippen molar-refractivity contribution < 1.29 is 18.7 Å². The maximum absolute atomic E-state index is 12.3. The molecule has 1 aromatic heterocycles. The molecule has 2 amide bonds. The van der Waals surface area contributed by atoms with Crippen molar-refractivity contribution in [2.24, 2.45) is 5.73 Å². The van der Waals surface area contributed by atoms with Gasteiger partial charge in [0.15, 0.2) is 0 Å². The largest absolute Gasteiger partial charge is 0.449 e. The van der Waals surface area contributed by atoms with Gasteiger partial charge in [-0.3, -0.25) is 14.5 Å². The van der Waals surface area contributed by atoms with E-state index >= 15 is 0 Å². The Labute approximate surface area is 149 Å². The average molecular weight is 374 g/mol. The Balaban J connectivity index is 0.00000208. The first kappa shape index (κ1) is 18.5. The molecule has 1 fully saturated rings. The summed E-state index contributed by atoms with van der Waals surface area (Å²) in [5.41, 5.74) is 6.03. The molecule has 9 heteroatoms. The lowest BCUT2D eigenvalue weighted by atomic mass is 10.2. The Morgan fingerprint density at radius 3 is 2.67 bits per heavy atom. The molecular formula is C15H17Cl2N3O4. The molecule has 0 radical (unpaired) electrons. The molecule has 130 valence electrons. The van der Waals surface area contributed by atoms with Crippen LogP contribution in [0.15, 0.2) is 22.6 Å². The first-order chi connectivity index (χ1) is 11.0. The number of fused-ring (bicyclic) bond motifs is 1. The molecule has 0 spiro atoms. The quantitative estimate of drug-likeness (QED) is 0.852. The number of furan rings is 1. The van der Waals surface area contributed by atoms with Crippen LogP contribution in [0.4, 0.5) is 5.69 Å². The van der Waals surface area contributed by atoms with Crippen molar-refractivity contribution in [2.75, 3.05) is 38.2 Å². The molecule has 1 aliphatic rings. The highest BCUT2D eigenvalue weighted by molar-refractivity contribution is 6.31. The van der Waals surface area contributed by atoms with Crippen LogP contribution in [0.3, 0.4) is 0 Å². The van der Waals surface area contributed by atoms with Gasteiger partial charge in [0.1, 0.15) is 11.3 Å². The third kappa shape index (κ3) is 3.99. The summed E-state index contributed by atoms with van der Waals surface area (Å²) in [5.74, 6) is -1.09. The Bertz CT molecular complexity index is 757. The molecule has 0 saturated carbocycles. The first-order valence-electron chi connectivity index (χ1n) is 7.16. The minimum atomic E-state index is -0.751. The number of amides is 2. The van der Waals surface area contributed by atoms with Crippen LogP contribution in [0.25, 0.3) is 11.0 Å². The second-order valence-corrected chi connectivity index (χ2v) is 5.68. The van der Waals surface area contributed by atoms with Crippen LogP contribution in [0.2, 0.25) is 5.02 Å². The summed E-state index contributed by atoms with van der Waals surface area (Å²) in [6.45, 7) is 2.78. The lowest BCUT2D eigenvalue weighted by molar-refractivity contribution is -0.118. The Morgan fingerprint density at radius 1 is 1.29 bits per heavy atom. The van der Waals surface area contributed by atoms with Crippen molar-refractivity contribution in [2.45, 2.75) is 0 Å². The van der Waals surface area contributed by atoms with Gasteiger partial charge in [0.25, 0.3) is 5.91 Å². The van der Waals surface area contributed by atoms with E-state index in [-0.39, 0.29) is 36.3 Å². The van der Waals surface area contributed by atoms with Gasteiger partial charge >= 0.3 is 0 Å². The molecule has 24 heavy (non-hydrogen) atoms. The van der Waals surface area contributed by atoms with Gasteiger partial charge in [0.2, 0.25) is 11.7 Å². The number of halogens is 2. The van der Waals surface area contributed by atoms with Crippen LogP contribution < -0.4 is 11.1 Å². The molecule has 7 nitrogen and oxygen atoms in total. The summed E-state index contributed by atoms with van der Waals surface area (Å²) in [6.07, 6.45) is 0. The summed E-state index contributed by atoms with van der Waals surface area (Å²) < 4.78 is 10.7. The summed E-state index contributed by atoms with van der Waals surface area (Å²) in [4.78, 5) is 25.8. The van der Waals surface area contributed by atoms with Gasteiger partial charge in [-0.15, -0.1) is 12.4 Å². The number of nitrogens with two attached hydrogens (primary N) is 1. The molecule has 0 bridgehead atoms. The number of anilines is 1. The maximum atomic E-state index is 12.3. The zero-order valence-corrected chi connectivity index (χ0v) is 14.3. The number of carbonyl (C=O) groups is 2. The van der Waals surface area contributed by atoms with Crippen molar-refractivity contribution in [3.05, 3.63) is 29.0 Å². The van der Waals surface area contributed by atoms with E-state index in [1.54, 1.807) is 18.2 Å². The number of benzene rings is 1. The molecule has 3 N–H and O–H groups in total. The number of nitrogens with one attached hydrogen (secondary N) is 1. The third-order valence-electron chi connectivity index (χ3n) is 3.61. The summed E-state index contributed by atoms with van der Waals surface area (Å²) in [6, 6.07) is 4.89.